The number of carbonyl (C=O) groups is 1. The van der Waals surface area contributed by atoms with E-state index >= 15 is 0 Å². The minimum Gasteiger partial charge on any atom is -0.457 e. The number of hydrogen-bond donors (Lipinski definition) is 1. The van der Waals surface area contributed by atoms with Crippen LogP contribution >= 0.6 is 0 Å². The van der Waals surface area contributed by atoms with E-state index in [1.165, 1.54) is 12.1 Å². The van der Waals surface area contributed by atoms with Crippen LogP contribution < -0.4 is 4.74 Å². The van der Waals surface area contributed by atoms with Crippen LogP contribution in [0.5, 0.6) is 11.5 Å². The molecule has 0 atom stereocenters. The summed E-state index contributed by atoms with van der Waals surface area (Å²) in [6.07, 6.45) is 0.412. The number of aliphatic hydroxyl groups is 1. The Morgan fingerprint density at radius 1 is 1.19 bits per heavy atom. The van der Waals surface area contributed by atoms with Gasteiger partial charge in [-0.05, 0) is 56.5 Å². The highest BCUT2D eigenvalue weighted by molar-refractivity contribution is 5.67. The number of halogens is 1. The van der Waals surface area contributed by atoms with E-state index in [9.17, 15) is 14.3 Å². The summed E-state index contributed by atoms with van der Waals surface area (Å²) in [4.78, 5) is 13.5. The largest absolute Gasteiger partial charge is 0.457 e. The van der Waals surface area contributed by atoms with Gasteiger partial charge in [0, 0.05) is 18.7 Å². The molecule has 0 bridgehead atoms. The maximum absolute atomic E-state index is 13.3. The molecule has 27 heavy (non-hydrogen) atoms. The van der Waals surface area contributed by atoms with E-state index in [1.807, 2.05) is 18.2 Å². The molecule has 0 aliphatic carbocycles. The van der Waals surface area contributed by atoms with Crippen LogP contribution in [0.25, 0.3) is 0 Å². The van der Waals surface area contributed by atoms with Gasteiger partial charge in [-0.15, -0.1) is 0 Å². The number of rotatable bonds is 4. The van der Waals surface area contributed by atoms with Crippen molar-refractivity contribution in [2.45, 2.75) is 32.3 Å². The second-order valence-corrected chi connectivity index (χ2v) is 6.73. The van der Waals surface area contributed by atoms with Gasteiger partial charge in [0.15, 0.2) is 0 Å². The van der Waals surface area contributed by atoms with Crippen LogP contribution in [0.4, 0.5) is 9.18 Å². The lowest BCUT2D eigenvalue weighted by atomic mass is 9.84. The number of hydrogen-bond acceptors (Lipinski definition) is 4. The normalized spacial score (nSPS) is 16.1. The van der Waals surface area contributed by atoms with Crippen molar-refractivity contribution in [3.05, 3.63) is 59.4 Å². The van der Waals surface area contributed by atoms with Crippen LogP contribution in [0.2, 0.25) is 0 Å². The Balaban J connectivity index is 1.80. The lowest BCUT2D eigenvalue weighted by Gasteiger charge is -2.38. The van der Waals surface area contributed by atoms with Crippen molar-refractivity contribution in [1.82, 2.24) is 4.90 Å². The summed E-state index contributed by atoms with van der Waals surface area (Å²) < 4.78 is 24.4. The smallest absolute Gasteiger partial charge is 0.409 e. The monoisotopic (exact) mass is 373 g/mol. The van der Waals surface area contributed by atoms with Crippen molar-refractivity contribution >= 4 is 6.09 Å². The van der Waals surface area contributed by atoms with E-state index < -0.39 is 5.60 Å². The number of piperidine rings is 1. The molecule has 0 aromatic heterocycles. The lowest BCUT2D eigenvalue weighted by molar-refractivity contribution is -0.0256. The second kappa shape index (κ2) is 7.96. The summed E-state index contributed by atoms with van der Waals surface area (Å²) in [5, 5.41) is 11.2. The third kappa shape index (κ3) is 4.22. The Kier molecular flexibility index (Phi) is 5.65. The fraction of sp³-hybridized carbons (Fsp3) is 0.381. The molecule has 3 rings (SSSR count). The van der Waals surface area contributed by atoms with Gasteiger partial charge in [0.05, 0.1) is 12.2 Å². The van der Waals surface area contributed by atoms with Gasteiger partial charge in [-0.3, -0.25) is 0 Å². The molecular weight excluding hydrogens is 349 g/mol. The number of nitrogens with zero attached hydrogens (tertiary/aromatic N) is 1. The topological polar surface area (TPSA) is 59.0 Å². The van der Waals surface area contributed by atoms with Crippen molar-refractivity contribution in [2.75, 3.05) is 19.7 Å². The van der Waals surface area contributed by atoms with E-state index in [4.69, 9.17) is 9.47 Å². The molecule has 6 heteroatoms. The predicted molar refractivity (Wildman–Crippen MR) is 99.4 cm³/mol. The summed E-state index contributed by atoms with van der Waals surface area (Å²) in [6.45, 7) is 4.67. The summed E-state index contributed by atoms with van der Waals surface area (Å²) in [5.41, 5.74) is 0.235. The molecule has 1 heterocycles. The fourth-order valence-corrected chi connectivity index (χ4v) is 3.33. The van der Waals surface area contributed by atoms with Gasteiger partial charge < -0.3 is 19.5 Å². The Morgan fingerprint density at radius 3 is 2.56 bits per heavy atom. The van der Waals surface area contributed by atoms with Crippen LogP contribution in [0, 0.1) is 12.7 Å². The first kappa shape index (κ1) is 19.2. The third-order valence-electron chi connectivity index (χ3n) is 4.86. The van der Waals surface area contributed by atoms with E-state index in [-0.39, 0.29) is 11.9 Å². The number of benzene rings is 2. The molecule has 144 valence electrons. The highest BCUT2D eigenvalue weighted by Gasteiger charge is 2.38. The highest BCUT2D eigenvalue weighted by Crippen LogP contribution is 2.40. The van der Waals surface area contributed by atoms with Gasteiger partial charge in [0.2, 0.25) is 0 Å². The first-order chi connectivity index (χ1) is 12.9. The van der Waals surface area contributed by atoms with Crippen molar-refractivity contribution in [3.63, 3.8) is 0 Å². The Bertz CT molecular complexity index is 816. The van der Waals surface area contributed by atoms with Crippen LogP contribution in [-0.4, -0.2) is 35.8 Å². The molecule has 1 amide bonds. The molecule has 5 nitrogen and oxygen atoms in total. The van der Waals surface area contributed by atoms with Crippen molar-refractivity contribution < 1.29 is 23.8 Å². The number of carbonyl (C=O) groups excluding carboxylic acids is 1. The molecule has 1 N–H and O–H groups in total. The van der Waals surface area contributed by atoms with E-state index in [2.05, 4.69) is 0 Å². The fourth-order valence-electron chi connectivity index (χ4n) is 3.33. The standard InChI is InChI=1S/C21H24FNO4/c1-3-26-20(24)23-12-10-21(25,11-13-23)17-6-4-5-7-19(17)27-18-9-8-16(22)14-15(18)2/h4-9,14,25H,3,10-13H2,1-2H3. The second-order valence-electron chi connectivity index (χ2n) is 6.73. The molecule has 1 fully saturated rings. The SMILES string of the molecule is CCOC(=O)N1CCC(O)(c2ccccc2Oc2ccc(F)cc2C)CC1. The maximum atomic E-state index is 13.3. The van der Waals surface area contributed by atoms with E-state index in [0.29, 0.717) is 55.2 Å². The molecule has 0 saturated carbocycles. The first-order valence-electron chi connectivity index (χ1n) is 9.10. The molecule has 0 unspecified atom stereocenters. The lowest BCUT2D eigenvalue weighted by Crippen LogP contribution is -2.45. The number of aryl methyl sites for hydroxylation is 1. The number of amides is 1. The summed E-state index contributed by atoms with van der Waals surface area (Å²) in [5.74, 6) is 0.744. The molecule has 1 saturated heterocycles. The highest BCUT2D eigenvalue weighted by atomic mass is 19.1. The van der Waals surface area contributed by atoms with E-state index in [1.54, 1.807) is 30.9 Å². The Labute approximate surface area is 158 Å². The quantitative estimate of drug-likeness (QED) is 0.865. The zero-order valence-electron chi connectivity index (χ0n) is 15.6. The maximum Gasteiger partial charge on any atom is 0.409 e. The van der Waals surface area contributed by atoms with Crippen LogP contribution in [0.15, 0.2) is 42.5 Å². The zero-order chi connectivity index (χ0) is 19.4. The third-order valence-corrected chi connectivity index (χ3v) is 4.86. The minimum atomic E-state index is -1.10. The summed E-state index contributed by atoms with van der Waals surface area (Å²) in [6, 6.07) is 11.6. The van der Waals surface area contributed by atoms with Crippen LogP contribution in [-0.2, 0) is 10.3 Å². The van der Waals surface area contributed by atoms with Gasteiger partial charge in [-0.2, -0.15) is 0 Å². The molecule has 2 aromatic rings. The summed E-state index contributed by atoms with van der Waals surface area (Å²) >= 11 is 0. The Morgan fingerprint density at radius 2 is 1.89 bits per heavy atom. The van der Waals surface area contributed by atoms with Gasteiger partial charge in [-0.25, -0.2) is 9.18 Å². The Hall–Kier alpha value is -2.60. The van der Waals surface area contributed by atoms with Gasteiger partial charge >= 0.3 is 6.09 Å². The molecule has 0 radical (unpaired) electrons. The molecule has 1 aliphatic heterocycles. The van der Waals surface area contributed by atoms with Crippen LogP contribution in [0.1, 0.15) is 30.9 Å². The van der Waals surface area contributed by atoms with Crippen molar-refractivity contribution in [2.24, 2.45) is 0 Å². The van der Waals surface area contributed by atoms with E-state index in [0.717, 1.165) is 0 Å². The van der Waals surface area contributed by atoms with Crippen molar-refractivity contribution in [1.29, 1.82) is 0 Å². The number of para-hydroxylation sites is 1. The zero-order valence-corrected chi connectivity index (χ0v) is 15.6. The van der Waals surface area contributed by atoms with Gasteiger partial charge in [0.25, 0.3) is 0 Å². The molecule has 2 aromatic carbocycles. The number of ether oxygens (including phenoxy) is 2. The molecule has 1 aliphatic rings. The van der Waals surface area contributed by atoms with Gasteiger partial charge in [0.1, 0.15) is 17.3 Å². The first-order valence-corrected chi connectivity index (χ1v) is 9.10. The predicted octanol–water partition coefficient (Wildman–Crippen LogP) is 4.37. The molecular formula is C21H24FNO4. The van der Waals surface area contributed by atoms with Gasteiger partial charge in [-0.1, -0.05) is 18.2 Å². The minimum absolute atomic E-state index is 0.321. The average Bonchev–Trinajstić information content (AvgIpc) is 2.65. The average molecular weight is 373 g/mol. The van der Waals surface area contributed by atoms with Crippen molar-refractivity contribution in [3.8, 4) is 11.5 Å². The van der Waals surface area contributed by atoms with Crippen LogP contribution in [0.3, 0.4) is 0 Å². The molecule has 0 spiro atoms. The summed E-state index contributed by atoms with van der Waals surface area (Å²) in [7, 11) is 0. The number of likely N-dealkylation sites (tertiary alicyclic amines) is 1.